The van der Waals surface area contributed by atoms with E-state index in [1.807, 2.05) is 0 Å². The van der Waals surface area contributed by atoms with Crippen molar-refractivity contribution >= 4 is 17.6 Å². The first-order valence-corrected chi connectivity index (χ1v) is 9.38. The molecule has 0 heterocycles. The van der Waals surface area contributed by atoms with Gasteiger partial charge in [0.05, 0.1) is 6.61 Å². The highest BCUT2D eigenvalue weighted by Gasteiger charge is 2.32. The minimum absolute atomic E-state index is 0.104. The molecular weight excluding hydrogens is 380 g/mol. The van der Waals surface area contributed by atoms with Gasteiger partial charge in [-0.25, -0.2) is 0 Å². The summed E-state index contributed by atoms with van der Waals surface area (Å²) in [6, 6.07) is 6.73. The summed E-state index contributed by atoms with van der Waals surface area (Å²) in [4.78, 5) is 35.6. The molecular formula is C20H30N2O7. The van der Waals surface area contributed by atoms with Gasteiger partial charge in [0.2, 0.25) is 11.7 Å². The summed E-state index contributed by atoms with van der Waals surface area (Å²) in [5, 5.41) is 33.6. The van der Waals surface area contributed by atoms with E-state index in [1.165, 1.54) is 13.8 Å². The molecule has 0 fully saturated rings. The van der Waals surface area contributed by atoms with Gasteiger partial charge in [0.15, 0.2) is 6.29 Å². The third kappa shape index (κ3) is 7.90. The van der Waals surface area contributed by atoms with E-state index in [0.29, 0.717) is 12.2 Å². The Bertz CT molecular complexity index is 689. The van der Waals surface area contributed by atoms with Gasteiger partial charge in [0, 0.05) is 37.1 Å². The fourth-order valence-electron chi connectivity index (χ4n) is 2.29. The van der Waals surface area contributed by atoms with E-state index < -0.39 is 35.4 Å². The van der Waals surface area contributed by atoms with Crippen LogP contribution in [0, 0.1) is 5.41 Å². The minimum Gasteiger partial charge on any atom is -0.396 e. The van der Waals surface area contributed by atoms with E-state index in [9.17, 15) is 24.6 Å². The van der Waals surface area contributed by atoms with Crippen LogP contribution in [0.3, 0.4) is 0 Å². The average Bonchev–Trinajstić information content (AvgIpc) is 2.71. The van der Waals surface area contributed by atoms with E-state index in [4.69, 9.17) is 9.84 Å². The van der Waals surface area contributed by atoms with Gasteiger partial charge in [-0.2, -0.15) is 0 Å². The Morgan fingerprint density at radius 2 is 1.72 bits per heavy atom. The number of nitrogens with one attached hydrogen (secondary N) is 2. The summed E-state index contributed by atoms with van der Waals surface area (Å²) in [5.41, 5.74) is 0.307. The standard InChI is InChI=1S/C20H30N2O7/c1-4-29-19(28)14-7-5-13(6-8-14)11-22-17(26)15(24)9-10-21-18(27)16(25)20(2,3)12-23/h5-8,16,19,23,25,28H,4,9-12H2,1-3H3,(H,21,27)(H,22,26). The monoisotopic (exact) mass is 410 g/mol. The van der Waals surface area contributed by atoms with Crippen LogP contribution in [-0.2, 0) is 25.7 Å². The molecule has 0 aliphatic heterocycles. The Balaban J connectivity index is 2.39. The molecule has 1 rings (SSSR count). The highest BCUT2D eigenvalue weighted by Crippen LogP contribution is 2.19. The van der Waals surface area contributed by atoms with Crippen molar-refractivity contribution in [3.63, 3.8) is 0 Å². The molecule has 0 radical (unpaired) electrons. The Morgan fingerprint density at radius 1 is 1.10 bits per heavy atom. The molecule has 2 unspecified atom stereocenters. The van der Waals surface area contributed by atoms with Crippen molar-refractivity contribution in [2.75, 3.05) is 19.8 Å². The molecule has 0 saturated carbocycles. The second-order valence-electron chi connectivity index (χ2n) is 7.25. The number of carbonyl (C=O) groups is 3. The van der Waals surface area contributed by atoms with Crippen molar-refractivity contribution in [2.45, 2.75) is 46.1 Å². The van der Waals surface area contributed by atoms with Crippen LogP contribution in [0.2, 0.25) is 0 Å². The van der Waals surface area contributed by atoms with E-state index in [2.05, 4.69) is 10.6 Å². The summed E-state index contributed by atoms with van der Waals surface area (Å²) in [6.07, 6.45) is -2.66. The van der Waals surface area contributed by atoms with Crippen LogP contribution in [0.5, 0.6) is 0 Å². The summed E-state index contributed by atoms with van der Waals surface area (Å²) in [7, 11) is 0. The largest absolute Gasteiger partial charge is 0.396 e. The Morgan fingerprint density at radius 3 is 2.28 bits per heavy atom. The number of ether oxygens (including phenoxy) is 1. The molecule has 1 aromatic carbocycles. The molecule has 2 amide bonds. The van der Waals surface area contributed by atoms with Gasteiger partial charge in [-0.3, -0.25) is 14.4 Å². The summed E-state index contributed by atoms with van der Waals surface area (Å²) in [5.74, 6) is -2.20. The lowest BCUT2D eigenvalue weighted by Crippen LogP contribution is -2.46. The maximum atomic E-state index is 11.9. The van der Waals surface area contributed by atoms with Crippen LogP contribution < -0.4 is 10.6 Å². The van der Waals surface area contributed by atoms with Gasteiger partial charge in [0.1, 0.15) is 6.10 Å². The molecule has 0 aromatic heterocycles. The van der Waals surface area contributed by atoms with Crippen LogP contribution in [0.4, 0.5) is 0 Å². The number of amides is 2. The molecule has 1 aromatic rings. The first kappa shape index (κ1) is 24.7. The van der Waals surface area contributed by atoms with Crippen LogP contribution in [-0.4, -0.2) is 58.8 Å². The van der Waals surface area contributed by atoms with Gasteiger partial charge >= 0.3 is 0 Å². The first-order chi connectivity index (χ1) is 13.6. The number of aliphatic hydroxyl groups excluding tert-OH is 3. The third-order valence-corrected chi connectivity index (χ3v) is 4.34. The smallest absolute Gasteiger partial charge is 0.287 e. The van der Waals surface area contributed by atoms with Crippen LogP contribution in [0.15, 0.2) is 24.3 Å². The quantitative estimate of drug-likeness (QED) is 0.237. The SMILES string of the molecule is CCOC(O)c1ccc(CNC(=O)C(=O)CCNC(=O)C(O)C(C)(C)CO)cc1. The van der Waals surface area contributed by atoms with Crippen molar-refractivity contribution in [1.82, 2.24) is 10.6 Å². The predicted molar refractivity (Wildman–Crippen MR) is 104 cm³/mol. The molecule has 0 spiro atoms. The number of rotatable bonds is 12. The molecule has 9 heteroatoms. The highest BCUT2D eigenvalue weighted by atomic mass is 16.6. The lowest BCUT2D eigenvalue weighted by molar-refractivity contribution is -0.139. The van der Waals surface area contributed by atoms with Gasteiger partial charge in [0.25, 0.3) is 5.91 Å². The van der Waals surface area contributed by atoms with Crippen LogP contribution in [0.1, 0.15) is 44.6 Å². The zero-order chi connectivity index (χ0) is 22.0. The van der Waals surface area contributed by atoms with Gasteiger partial charge in [-0.05, 0) is 12.5 Å². The molecule has 9 nitrogen and oxygen atoms in total. The Labute approximate surface area is 170 Å². The van der Waals surface area contributed by atoms with Crippen molar-refractivity contribution in [3.8, 4) is 0 Å². The van der Waals surface area contributed by atoms with E-state index >= 15 is 0 Å². The van der Waals surface area contributed by atoms with Crippen LogP contribution in [0.25, 0.3) is 0 Å². The Hall–Kier alpha value is -2.33. The molecule has 29 heavy (non-hydrogen) atoms. The molecule has 162 valence electrons. The number of ketones is 1. The second kappa shape index (κ2) is 11.6. The van der Waals surface area contributed by atoms with Crippen molar-refractivity contribution in [3.05, 3.63) is 35.4 Å². The van der Waals surface area contributed by atoms with E-state index in [0.717, 1.165) is 5.56 Å². The molecule has 0 saturated heterocycles. The zero-order valence-corrected chi connectivity index (χ0v) is 17.0. The predicted octanol–water partition coefficient (Wildman–Crippen LogP) is -0.215. The van der Waals surface area contributed by atoms with Gasteiger partial charge in [-0.15, -0.1) is 0 Å². The van der Waals surface area contributed by atoms with Gasteiger partial charge in [-0.1, -0.05) is 38.1 Å². The summed E-state index contributed by atoms with van der Waals surface area (Å²) in [6.45, 7) is 4.85. The molecule has 2 atom stereocenters. The lowest BCUT2D eigenvalue weighted by atomic mass is 9.87. The number of benzene rings is 1. The maximum absolute atomic E-state index is 11.9. The molecule has 0 aliphatic rings. The number of carbonyl (C=O) groups excluding carboxylic acids is 3. The Kier molecular flexibility index (Phi) is 9.90. The number of hydrogen-bond donors (Lipinski definition) is 5. The normalized spacial score (nSPS) is 13.4. The fourth-order valence-corrected chi connectivity index (χ4v) is 2.29. The lowest BCUT2D eigenvalue weighted by Gasteiger charge is -2.27. The summed E-state index contributed by atoms with van der Waals surface area (Å²) >= 11 is 0. The van der Waals surface area contributed by atoms with Crippen molar-refractivity contribution in [2.24, 2.45) is 5.41 Å². The first-order valence-electron chi connectivity index (χ1n) is 9.38. The molecule has 5 N–H and O–H groups in total. The molecule has 0 bridgehead atoms. The fraction of sp³-hybridized carbons (Fsp3) is 0.550. The second-order valence-corrected chi connectivity index (χ2v) is 7.25. The van der Waals surface area contributed by atoms with Crippen molar-refractivity contribution in [1.29, 1.82) is 0 Å². The maximum Gasteiger partial charge on any atom is 0.287 e. The number of aliphatic hydroxyl groups is 3. The number of hydrogen-bond acceptors (Lipinski definition) is 7. The van der Waals surface area contributed by atoms with Gasteiger partial charge < -0.3 is 30.7 Å². The highest BCUT2D eigenvalue weighted by molar-refractivity contribution is 6.36. The van der Waals surface area contributed by atoms with E-state index in [-0.39, 0.29) is 26.1 Å². The third-order valence-electron chi connectivity index (χ3n) is 4.34. The zero-order valence-electron chi connectivity index (χ0n) is 17.0. The van der Waals surface area contributed by atoms with Crippen LogP contribution >= 0.6 is 0 Å². The summed E-state index contributed by atoms with van der Waals surface area (Å²) < 4.78 is 5.07. The number of Topliss-reactive ketones (excluding diaryl/α,β-unsaturated/α-hetero) is 1. The minimum atomic E-state index is -1.43. The molecule has 0 aliphatic carbocycles. The van der Waals surface area contributed by atoms with E-state index in [1.54, 1.807) is 31.2 Å². The topological polar surface area (TPSA) is 145 Å². The average molecular weight is 410 g/mol. The van der Waals surface area contributed by atoms with Crippen molar-refractivity contribution < 1.29 is 34.4 Å².